The lowest BCUT2D eigenvalue weighted by Crippen LogP contribution is -2.48. The van der Waals surface area contributed by atoms with Crippen LogP contribution >= 0.6 is 0 Å². The summed E-state index contributed by atoms with van der Waals surface area (Å²) in [5.41, 5.74) is 2.74. The normalized spacial score (nSPS) is 12.2. The topological polar surface area (TPSA) is 84.9 Å². The van der Waals surface area contributed by atoms with Crippen molar-refractivity contribution < 1.29 is 22.7 Å². The van der Waals surface area contributed by atoms with E-state index in [4.69, 9.17) is 9.47 Å². The molecular weight excluding hydrogens is 404 g/mol. The lowest BCUT2D eigenvalue weighted by molar-refractivity contribution is -0.121. The zero-order valence-electron chi connectivity index (χ0n) is 18.1. The molecule has 1 N–H and O–H groups in total. The van der Waals surface area contributed by atoms with Crippen molar-refractivity contribution in [1.29, 1.82) is 0 Å². The van der Waals surface area contributed by atoms with Crippen LogP contribution in [0, 0.1) is 6.92 Å². The highest BCUT2D eigenvalue weighted by Crippen LogP contribution is 2.33. The van der Waals surface area contributed by atoms with Crippen molar-refractivity contribution in [2.75, 3.05) is 31.3 Å². The van der Waals surface area contributed by atoms with E-state index < -0.39 is 16.1 Å². The van der Waals surface area contributed by atoms with Crippen LogP contribution in [0.4, 0.5) is 5.69 Å². The van der Waals surface area contributed by atoms with Gasteiger partial charge in [0.25, 0.3) is 0 Å². The second kappa shape index (κ2) is 10.3. The minimum absolute atomic E-state index is 0.331. The highest BCUT2D eigenvalue weighted by Gasteiger charge is 2.29. The third-order valence-electron chi connectivity index (χ3n) is 4.77. The maximum absolute atomic E-state index is 12.7. The molecule has 0 fully saturated rings. The number of benzene rings is 2. The molecule has 0 saturated heterocycles. The van der Waals surface area contributed by atoms with Gasteiger partial charge in [0.15, 0.2) is 11.5 Å². The van der Waals surface area contributed by atoms with Crippen LogP contribution in [0.25, 0.3) is 0 Å². The van der Waals surface area contributed by atoms with Gasteiger partial charge in [-0.05, 0) is 44.4 Å². The third kappa shape index (κ3) is 6.13. The number of methoxy groups -OCH3 is 2. The van der Waals surface area contributed by atoms with Gasteiger partial charge in [0.1, 0.15) is 6.04 Å². The highest BCUT2D eigenvalue weighted by molar-refractivity contribution is 7.92. The SMILES string of the molecule is COc1ccc(N([C@@H](C)C(=O)NCCCc2ccc(C)cc2)S(C)(=O)=O)cc1OC. The van der Waals surface area contributed by atoms with E-state index in [2.05, 4.69) is 29.6 Å². The summed E-state index contributed by atoms with van der Waals surface area (Å²) in [7, 11) is -0.741. The number of anilines is 1. The number of hydrogen-bond donors (Lipinski definition) is 1. The van der Waals surface area contributed by atoms with Gasteiger partial charge in [0.2, 0.25) is 15.9 Å². The number of ether oxygens (including phenoxy) is 2. The molecule has 7 nitrogen and oxygen atoms in total. The summed E-state index contributed by atoms with van der Waals surface area (Å²) in [6, 6.07) is 12.1. The van der Waals surface area contributed by atoms with Crippen molar-refractivity contribution in [3.8, 4) is 11.5 Å². The minimum atomic E-state index is -3.71. The fourth-order valence-electron chi connectivity index (χ4n) is 3.18. The maximum Gasteiger partial charge on any atom is 0.243 e. The number of sulfonamides is 1. The van der Waals surface area contributed by atoms with Gasteiger partial charge < -0.3 is 14.8 Å². The second-order valence-electron chi connectivity index (χ2n) is 7.15. The van der Waals surface area contributed by atoms with Gasteiger partial charge in [0, 0.05) is 12.6 Å². The summed E-state index contributed by atoms with van der Waals surface area (Å²) in [6.45, 7) is 4.06. The lowest BCUT2D eigenvalue weighted by Gasteiger charge is -2.28. The first-order valence-corrected chi connectivity index (χ1v) is 11.6. The van der Waals surface area contributed by atoms with Crippen LogP contribution in [0.5, 0.6) is 11.5 Å². The average Bonchev–Trinajstić information content (AvgIpc) is 2.71. The van der Waals surface area contributed by atoms with Crippen molar-refractivity contribution in [3.05, 3.63) is 53.6 Å². The molecule has 30 heavy (non-hydrogen) atoms. The Morgan fingerprint density at radius 2 is 1.70 bits per heavy atom. The smallest absolute Gasteiger partial charge is 0.243 e. The van der Waals surface area contributed by atoms with E-state index in [-0.39, 0.29) is 5.91 Å². The van der Waals surface area contributed by atoms with E-state index in [1.807, 2.05) is 6.92 Å². The Hall–Kier alpha value is -2.74. The fourth-order valence-corrected chi connectivity index (χ4v) is 4.34. The van der Waals surface area contributed by atoms with E-state index in [9.17, 15) is 13.2 Å². The maximum atomic E-state index is 12.7. The number of nitrogens with zero attached hydrogens (tertiary/aromatic N) is 1. The Morgan fingerprint density at radius 3 is 2.27 bits per heavy atom. The molecule has 1 atom stereocenters. The van der Waals surface area contributed by atoms with Crippen LogP contribution < -0.4 is 19.1 Å². The van der Waals surface area contributed by atoms with Crippen molar-refractivity contribution in [3.63, 3.8) is 0 Å². The number of aryl methyl sites for hydroxylation is 2. The molecule has 2 aromatic carbocycles. The largest absolute Gasteiger partial charge is 0.493 e. The van der Waals surface area contributed by atoms with E-state index in [0.717, 1.165) is 23.4 Å². The molecule has 2 rings (SSSR count). The van der Waals surface area contributed by atoms with E-state index in [0.29, 0.717) is 23.7 Å². The Balaban J connectivity index is 2.06. The quantitative estimate of drug-likeness (QED) is 0.581. The van der Waals surface area contributed by atoms with Gasteiger partial charge in [-0.15, -0.1) is 0 Å². The van der Waals surface area contributed by atoms with Gasteiger partial charge in [-0.1, -0.05) is 29.8 Å². The molecule has 0 bridgehead atoms. The van der Waals surface area contributed by atoms with Gasteiger partial charge in [-0.3, -0.25) is 9.10 Å². The fraction of sp³-hybridized carbons (Fsp3) is 0.409. The molecule has 0 saturated carbocycles. The van der Waals surface area contributed by atoms with Crippen LogP contribution in [0.3, 0.4) is 0 Å². The molecule has 0 radical (unpaired) electrons. The summed E-state index contributed by atoms with van der Waals surface area (Å²) in [4.78, 5) is 12.7. The molecule has 0 aromatic heterocycles. The average molecular weight is 435 g/mol. The summed E-state index contributed by atoms with van der Waals surface area (Å²) >= 11 is 0. The summed E-state index contributed by atoms with van der Waals surface area (Å²) in [5, 5.41) is 2.84. The molecule has 8 heteroatoms. The van der Waals surface area contributed by atoms with Gasteiger partial charge in [-0.25, -0.2) is 8.42 Å². The van der Waals surface area contributed by atoms with Crippen LogP contribution in [0.15, 0.2) is 42.5 Å². The highest BCUT2D eigenvalue weighted by atomic mass is 32.2. The Labute approximate surface area is 179 Å². The van der Waals surface area contributed by atoms with Crippen molar-refractivity contribution in [2.45, 2.75) is 32.7 Å². The van der Waals surface area contributed by atoms with E-state index in [1.165, 1.54) is 25.3 Å². The number of rotatable bonds is 10. The minimum Gasteiger partial charge on any atom is -0.493 e. The van der Waals surface area contributed by atoms with Crippen molar-refractivity contribution in [2.24, 2.45) is 0 Å². The van der Waals surface area contributed by atoms with Crippen molar-refractivity contribution in [1.82, 2.24) is 5.32 Å². The van der Waals surface area contributed by atoms with E-state index >= 15 is 0 Å². The summed E-state index contributed by atoms with van der Waals surface area (Å²) in [5.74, 6) is 0.497. The molecule has 0 spiro atoms. The Kier molecular flexibility index (Phi) is 8.11. The zero-order chi connectivity index (χ0) is 22.3. The third-order valence-corrected chi connectivity index (χ3v) is 6.01. The van der Waals surface area contributed by atoms with Crippen LogP contribution in [0.2, 0.25) is 0 Å². The predicted octanol–water partition coefficient (Wildman–Crippen LogP) is 2.92. The van der Waals surface area contributed by atoms with Crippen molar-refractivity contribution >= 4 is 21.6 Å². The number of carbonyl (C=O) groups excluding carboxylic acids is 1. The number of nitrogens with one attached hydrogen (secondary N) is 1. The molecule has 0 aliphatic carbocycles. The standard InChI is InChI=1S/C22H30N2O5S/c1-16-8-10-18(11-9-16)7-6-14-23-22(25)17(2)24(30(5,26)27)19-12-13-20(28-3)21(15-19)29-4/h8-13,15,17H,6-7,14H2,1-5H3,(H,23,25)/t17-/m0/s1. The first-order chi connectivity index (χ1) is 14.2. The molecule has 0 unspecified atom stereocenters. The summed E-state index contributed by atoms with van der Waals surface area (Å²) < 4.78 is 36.4. The molecule has 1 amide bonds. The number of carbonyl (C=O) groups is 1. The van der Waals surface area contributed by atoms with Crippen LogP contribution in [-0.2, 0) is 21.2 Å². The van der Waals surface area contributed by atoms with Gasteiger partial charge in [-0.2, -0.15) is 0 Å². The van der Waals surface area contributed by atoms with Gasteiger partial charge >= 0.3 is 0 Å². The molecule has 2 aromatic rings. The number of amides is 1. The Morgan fingerprint density at radius 1 is 1.07 bits per heavy atom. The zero-order valence-corrected chi connectivity index (χ0v) is 19.0. The van der Waals surface area contributed by atoms with Crippen LogP contribution in [0.1, 0.15) is 24.5 Å². The molecule has 0 heterocycles. The second-order valence-corrected chi connectivity index (χ2v) is 9.01. The first-order valence-electron chi connectivity index (χ1n) is 9.72. The number of hydrogen-bond acceptors (Lipinski definition) is 5. The molecule has 0 aliphatic rings. The Bertz CT molecular complexity index is 958. The van der Waals surface area contributed by atoms with Crippen LogP contribution in [-0.4, -0.2) is 47.4 Å². The molecular formula is C22H30N2O5S. The lowest BCUT2D eigenvalue weighted by atomic mass is 10.1. The van der Waals surface area contributed by atoms with Gasteiger partial charge in [0.05, 0.1) is 26.2 Å². The first kappa shape index (κ1) is 23.5. The predicted molar refractivity (Wildman–Crippen MR) is 119 cm³/mol. The van der Waals surface area contributed by atoms with E-state index in [1.54, 1.807) is 25.1 Å². The monoisotopic (exact) mass is 434 g/mol. The summed E-state index contributed by atoms with van der Waals surface area (Å²) in [6.07, 6.45) is 2.67. The molecule has 0 aliphatic heterocycles. The molecule has 164 valence electrons.